The number of aromatic hydroxyl groups is 1. The van der Waals surface area contributed by atoms with Crippen molar-refractivity contribution >= 4 is 81.6 Å². The number of benzene rings is 3. The Morgan fingerprint density at radius 3 is 2.14 bits per heavy atom. The number of nitrogens with two attached hydrogens (primary N) is 1. The van der Waals surface area contributed by atoms with Crippen molar-refractivity contribution in [3.8, 4) is 33.3 Å². The number of aromatic nitrogens is 3. The van der Waals surface area contributed by atoms with E-state index in [1.54, 1.807) is 22.8 Å². The standard InChI is InChI=1S/C62H79N13O19S2/c1-31-28-74-52(53(31)83)58(88)64-27-39(77)24-41(65-54(84)35-11-9-34(10-12-35)42-30-75-62(66-42)95-59(70-75)36-13-15-38(16-14-36)72-20-18-71(19-21-72)37-6-4-3-5-7-37)55(85)67-49(32(2)76)60(89)73-29-40(78)25-43(73)56(86)68-50(57(87)69-51(61(74)90)46(81)26-48(63)82)45(80)22-33-8-17-44(79)47(23-33)92-96-94-93-91/h8-17,23,30-32,37,39-41,43,45-46,49-53,76-81,83,91H,3-7,18-22,24-29H2,1-2H3,(H2,63,82)(H,64,88)(H,65,84)(H,67,85)(H,68,86)(H,69,87)/t31?,32?,39?,40?,41-,43?,45?,46?,49?,50?,51?,52?,53?/m0/s1. The Hall–Kier alpha value is -8.13. The number of rotatable bonds is 17. The van der Waals surface area contributed by atoms with Crippen molar-refractivity contribution < 1.29 is 92.9 Å². The van der Waals surface area contributed by atoms with E-state index < -0.39 is 177 Å². The molecular formula is C62H79N13O19S2. The van der Waals surface area contributed by atoms with E-state index in [0.717, 1.165) is 71.3 Å². The molecule has 8 amide bonds. The van der Waals surface area contributed by atoms with E-state index >= 15 is 0 Å². The molecule has 0 spiro atoms. The Kier molecular flexibility index (Phi) is 23.1. The Labute approximate surface area is 558 Å². The van der Waals surface area contributed by atoms with Crippen molar-refractivity contribution in [2.24, 2.45) is 11.7 Å². The van der Waals surface area contributed by atoms with Gasteiger partial charge in [0.1, 0.15) is 41.3 Å². The lowest BCUT2D eigenvalue weighted by Gasteiger charge is -2.41. The number of amides is 8. The third kappa shape index (κ3) is 16.6. The number of hydrogen-bond donors (Lipinski definition) is 14. The zero-order valence-electron chi connectivity index (χ0n) is 52.4. The lowest BCUT2D eigenvalue weighted by atomic mass is 9.94. The summed E-state index contributed by atoms with van der Waals surface area (Å²) >= 11 is 1.46. The van der Waals surface area contributed by atoms with Gasteiger partial charge in [-0.05, 0) is 73.9 Å². The fourth-order valence-corrected chi connectivity index (χ4v) is 14.2. The van der Waals surface area contributed by atoms with Crippen LogP contribution in [0.4, 0.5) is 5.69 Å². The largest absolute Gasteiger partial charge is 0.504 e. The number of anilines is 1. The molecule has 34 heteroatoms. The van der Waals surface area contributed by atoms with E-state index in [9.17, 15) is 74.1 Å². The SMILES string of the molecule is CC(O)C1NC(=O)[C@@H](NC(=O)c2ccc(-c3cn4nc(-c5ccc(N6CCN(C7CCCCC7)CC6)cc5)sc4n3)cc2)CC(O)CNC(=O)C2C(O)C(C)CN2C(=O)C(C(O)CC(N)=O)NC(=O)C(C(O)Cc2ccc(O)c(OSOOO)c2)NC(=O)C2CC(O)CN2C1=O. The van der Waals surface area contributed by atoms with Crippen molar-refractivity contribution in [3.63, 3.8) is 0 Å². The number of fused-ring (bicyclic) bond motifs is 3. The van der Waals surface area contributed by atoms with E-state index in [4.69, 9.17) is 25.3 Å². The summed E-state index contributed by atoms with van der Waals surface area (Å²) in [6, 6.07) is 7.07. The van der Waals surface area contributed by atoms with Crippen LogP contribution in [-0.2, 0) is 49.4 Å². The van der Waals surface area contributed by atoms with Crippen LogP contribution in [-0.4, -0.2) is 242 Å². The van der Waals surface area contributed by atoms with Crippen LogP contribution in [0.25, 0.3) is 26.8 Å². The van der Waals surface area contributed by atoms with E-state index in [2.05, 4.69) is 70.0 Å². The Morgan fingerprint density at radius 2 is 1.46 bits per heavy atom. The first-order valence-electron chi connectivity index (χ1n) is 31.6. The van der Waals surface area contributed by atoms with E-state index in [1.165, 1.54) is 68.6 Å². The molecule has 1 saturated carbocycles. The number of β-amino-alcohol motifs (C(OH)–C–C–N with tert-alkyl or cyclic N) is 1. The molecule has 3 aromatic carbocycles. The van der Waals surface area contributed by atoms with Gasteiger partial charge in [0, 0.05) is 99.4 Å². The van der Waals surface area contributed by atoms with E-state index in [-0.39, 0.29) is 29.2 Å². The van der Waals surface area contributed by atoms with Crippen molar-refractivity contribution in [1.29, 1.82) is 0 Å². The lowest BCUT2D eigenvalue weighted by Crippen LogP contribution is -2.64. The number of carbonyl (C=O) groups is 8. The van der Waals surface area contributed by atoms with Gasteiger partial charge in [0.15, 0.2) is 11.5 Å². The van der Waals surface area contributed by atoms with Crippen LogP contribution in [0, 0.1) is 5.92 Å². The summed E-state index contributed by atoms with van der Waals surface area (Å²) in [7, 11) is 0. The quantitative estimate of drug-likeness (QED) is 0.0217. The van der Waals surface area contributed by atoms with Crippen LogP contribution in [0.15, 0.2) is 72.9 Å². The van der Waals surface area contributed by atoms with Crippen LogP contribution in [0.3, 0.4) is 0 Å². The molecule has 1 aliphatic carbocycles. The molecule has 5 aliphatic rings. The first-order valence-corrected chi connectivity index (χ1v) is 33.1. The van der Waals surface area contributed by atoms with Crippen LogP contribution >= 0.6 is 23.7 Å². The van der Waals surface area contributed by atoms with Gasteiger partial charge < -0.3 is 86.9 Å². The molecular weight excluding hydrogens is 1290 g/mol. The predicted octanol–water partition coefficient (Wildman–Crippen LogP) is -1.53. The fourth-order valence-electron chi connectivity index (χ4n) is 13.0. The maximum atomic E-state index is 14.7. The number of phenols is 1. The number of aliphatic hydroxyl groups is 6. The molecule has 4 aliphatic heterocycles. The number of phenolic OH excluding ortho intramolecular Hbond substituents is 1. The molecule has 5 fully saturated rings. The third-order valence-corrected chi connectivity index (χ3v) is 19.5. The maximum absolute atomic E-state index is 14.7. The molecule has 15 N–H and O–H groups in total. The van der Waals surface area contributed by atoms with Crippen molar-refractivity contribution in [3.05, 3.63) is 84.1 Å². The molecule has 13 atom stereocenters. The minimum atomic E-state index is -2.22. The summed E-state index contributed by atoms with van der Waals surface area (Å²) in [5.74, 6) is -11.1. The smallest absolute Gasteiger partial charge is 0.261 e. The summed E-state index contributed by atoms with van der Waals surface area (Å²) in [5.41, 5.74) is 8.77. The monoisotopic (exact) mass is 1370 g/mol. The Bertz CT molecular complexity index is 3580. The number of nitrogens with zero attached hydrogens (tertiary/aromatic N) is 7. The number of carbonyl (C=O) groups excluding carboxylic acids is 8. The average Bonchev–Trinajstić information content (AvgIpc) is 1.63. The molecule has 32 nitrogen and oxygen atoms in total. The van der Waals surface area contributed by atoms with Crippen LogP contribution in [0.1, 0.15) is 81.1 Å². The van der Waals surface area contributed by atoms with Gasteiger partial charge in [0.2, 0.25) is 46.3 Å². The highest BCUT2D eigenvalue weighted by Crippen LogP contribution is 2.34. The molecule has 518 valence electrons. The van der Waals surface area contributed by atoms with E-state index in [0.29, 0.717) is 22.3 Å². The van der Waals surface area contributed by atoms with Crippen LogP contribution in [0.2, 0.25) is 0 Å². The highest BCUT2D eigenvalue weighted by atomic mass is 32.2. The molecule has 6 heterocycles. The second kappa shape index (κ2) is 31.4. The highest BCUT2D eigenvalue weighted by molar-refractivity contribution is 7.90. The van der Waals surface area contributed by atoms with Gasteiger partial charge in [-0.3, -0.25) is 43.3 Å². The number of aliphatic hydroxyl groups excluding tert-OH is 6. The first-order chi connectivity index (χ1) is 45.9. The van der Waals surface area contributed by atoms with Gasteiger partial charge in [-0.25, -0.2) is 14.8 Å². The average molecular weight is 1370 g/mol. The van der Waals surface area contributed by atoms with Gasteiger partial charge in [0.05, 0.1) is 54.9 Å². The zero-order chi connectivity index (χ0) is 68.6. The number of imidazole rings is 1. The summed E-state index contributed by atoms with van der Waals surface area (Å²) in [5, 5.41) is 109. The predicted molar refractivity (Wildman–Crippen MR) is 342 cm³/mol. The van der Waals surface area contributed by atoms with Crippen molar-refractivity contribution in [2.75, 3.05) is 50.7 Å². The number of nitrogens with one attached hydrogen (secondary N) is 5. The minimum Gasteiger partial charge on any atom is -0.504 e. The van der Waals surface area contributed by atoms with Crippen molar-refractivity contribution in [2.45, 2.75) is 151 Å². The topological polar surface area (TPSA) is 455 Å². The summed E-state index contributed by atoms with van der Waals surface area (Å²) in [6.07, 6.45) is -5.32. The molecule has 96 heavy (non-hydrogen) atoms. The van der Waals surface area contributed by atoms with Crippen LogP contribution in [0.5, 0.6) is 11.5 Å². The molecule has 0 radical (unpaired) electrons. The van der Waals surface area contributed by atoms with Gasteiger partial charge in [-0.2, -0.15) is 5.10 Å². The second-order valence-electron chi connectivity index (χ2n) is 25.0. The summed E-state index contributed by atoms with van der Waals surface area (Å²) < 4.78 is 11.0. The molecule has 4 saturated heterocycles. The third-order valence-electron chi connectivity index (χ3n) is 18.2. The minimum absolute atomic E-state index is 0.0151. The molecule has 10 rings (SSSR count). The van der Waals surface area contributed by atoms with E-state index in [1.807, 2.05) is 0 Å². The molecule has 12 unspecified atom stereocenters. The van der Waals surface area contributed by atoms with Gasteiger partial charge >= 0.3 is 0 Å². The highest BCUT2D eigenvalue weighted by Gasteiger charge is 2.50. The fraction of sp³-hybridized carbons (Fsp3) is 0.516. The van der Waals surface area contributed by atoms with Gasteiger partial charge in [0.25, 0.3) is 18.2 Å². The summed E-state index contributed by atoms with van der Waals surface area (Å²) in [6.45, 7) is 4.94. The molecule has 2 aromatic heterocycles. The Morgan fingerprint density at radius 1 is 0.781 bits per heavy atom. The Balaban J connectivity index is 0.884. The first kappa shape index (κ1) is 70.7. The maximum Gasteiger partial charge on any atom is 0.261 e. The van der Waals surface area contributed by atoms with Gasteiger partial charge in [-0.15, -0.1) is 0 Å². The number of piperazine rings is 1. The molecule has 5 aromatic rings. The van der Waals surface area contributed by atoms with Gasteiger partial charge in [-0.1, -0.05) is 65.1 Å². The summed E-state index contributed by atoms with van der Waals surface area (Å²) in [4.78, 5) is 126. The second-order valence-corrected chi connectivity index (χ2v) is 26.4. The molecule has 0 bridgehead atoms. The number of primary amides is 1. The van der Waals surface area contributed by atoms with Crippen LogP contribution < -0.4 is 41.4 Å². The normalized spacial score (nSPS) is 26.6. The lowest BCUT2D eigenvalue weighted by molar-refractivity contribution is -0.433. The zero-order valence-corrected chi connectivity index (χ0v) is 54.1. The number of hydrogen-bond acceptors (Lipinski definition) is 25. The van der Waals surface area contributed by atoms with Crippen molar-refractivity contribution in [1.82, 2.24) is 55.9 Å².